The second-order valence-electron chi connectivity index (χ2n) is 8.55. The minimum absolute atomic E-state index is 0.0517. The largest absolute Gasteiger partial charge is 0.490 e. The molecule has 1 aromatic carbocycles. The average molecular weight is 460 g/mol. The lowest BCUT2D eigenvalue weighted by Gasteiger charge is -2.39. The quantitative estimate of drug-likeness (QED) is 0.728. The molecule has 2 aliphatic heterocycles. The number of ether oxygens (including phenoxy) is 2. The monoisotopic (exact) mass is 460 g/mol. The van der Waals surface area contributed by atoms with Crippen molar-refractivity contribution in [2.45, 2.75) is 50.5 Å². The van der Waals surface area contributed by atoms with Crippen molar-refractivity contribution in [3.63, 3.8) is 0 Å². The Hall–Kier alpha value is -2.33. The predicted octanol–water partition coefficient (Wildman–Crippen LogP) is 3.11. The Labute approximate surface area is 186 Å². The number of nitrogens with zero attached hydrogens (tertiary/aromatic N) is 2. The van der Waals surface area contributed by atoms with Crippen LogP contribution in [0.25, 0.3) is 0 Å². The fraction of sp³-hybridized carbons (Fsp3) is 0.636. The van der Waals surface area contributed by atoms with E-state index in [1.165, 1.54) is 12.0 Å². The maximum Gasteiger partial charge on any atom is 0.490 e. The smallest absolute Gasteiger partial charge is 0.484 e. The maximum atomic E-state index is 12.5. The summed E-state index contributed by atoms with van der Waals surface area (Å²) in [7, 11) is 4.16. The number of alkyl halides is 3. The number of carbonyl (C=O) groups excluding carboxylic acids is 1. The third-order valence-corrected chi connectivity index (χ3v) is 5.44. The fourth-order valence-corrected chi connectivity index (χ4v) is 3.89. The normalized spacial score (nSPS) is 23.1. The van der Waals surface area contributed by atoms with Crippen LogP contribution < -0.4 is 4.74 Å². The number of benzene rings is 1. The van der Waals surface area contributed by atoms with Crippen LogP contribution >= 0.6 is 0 Å². The average Bonchev–Trinajstić information content (AvgIpc) is 3.09. The van der Waals surface area contributed by atoms with Crippen molar-refractivity contribution in [1.29, 1.82) is 0 Å². The molecule has 2 aliphatic rings. The number of aliphatic carboxylic acids is 1. The third kappa shape index (κ3) is 7.98. The van der Waals surface area contributed by atoms with Gasteiger partial charge in [-0.2, -0.15) is 13.2 Å². The van der Waals surface area contributed by atoms with E-state index in [1.807, 2.05) is 36.1 Å². The number of hydrogen-bond donors (Lipinski definition) is 1. The lowest BCUT2D eigenvalue weighted by atomic mass is 9.90. The molecular weight excluding hydrogens is 429 g/mol. The third-order valence-electron chi connectivity index (χ3n) is 5.44. The van der Waals surface area contributed by atoms with Gasteiger partial charge >= 0.3 is 12.1 Å². The Morgan fingerprint density at radius 2 is 1.88 bits per heavy atom. The zero-order chi connectivity index (χ0) is 23.9. The van der Waals surface area contributed by atoms with Crippen LogP contribution in [0, 0.1) is 6.92 Å². The molecule has 2 atom stereocenters. The van der Waals surface area contributed by atoms with Crippen LogP contribution in [0.3, 0.4) is 0 Å². The van der Waals surface area contributed by atoms with Crippen molar-refractivity contribution in [2.24, 2.45) is 0 Å². The molecule has 0 bridgehead atoms. The van der Waals surface area contributed by atoms with Gasteiger partial charge in [-0.1, -0.05) is 17.7 Å². The summed E-state index contributed by atoms with van der Waals surface area (Å²) in [4.78, 5) is 25.5. The number of hydrogen-bond acceptors (Lipinski definition) is 5. The summed E-state index contributed by atoms with van der Waals surface area (Å²) in [5.74, 6) is -1.96. The van der Waals surface area contributed by atoms with E-state index in [2.05, 4.69) is 19.0 Å². The van der Waals surface area contributed by atoms with Crippen LogP contribution in [0.5, 0.6) is 5.75 Å². The first kappa shape index (κ1) is 25.9. The van der Waals surface area contributed by atoms with E-state index >= 15 is 0 Å². The van der Waals surface area contributed by atoms with Crippen molar-refractivity contribution in [2.75, 3.05) is 40.3 Å². The molecule has 1 aromatic rings. The van der Waals surface area contributed by atoms with Gasteiger partial charge in [0.25, 0.3) is 5.91 Å². The number of likely N-dealkylation sites (N-methyl/N-ethyl adjacent to an activating group) is 1. The molecule has 7 nitrogen and oxygen atoms in total. The minimum Gasteiger partial charge on any atom is -0.484 e. The number of aryl methyl sites for hydroxylation is 1. The molecule has 0 radical (unpaired) electrons. The number of carboxylic acid groups (broad SMARTS) is 1. The number of carbonyl (C=O) groups is 2. The molecule has 0 aromatic heterocycles. The van der Waals surface area contributed by atoms with E-state index < -0.39 is 12.1 Å². The fourth-order valence-electron chi connectivity index (χ4n) is 3.89. The second-order valence-corrected chi connectivity index (χ2v) is 8.55. The first-order valence-electron chi connectivity index (χ1n) is 10.5. The van der Waals surface area contributed by atoms with Gasteiger partial charge in [-0.05, 0) is 58.8 Å². The van der Waals surface area contributed by atoms with Gasteiger partial charge in [0.2, 0.25) is 0 Å². The molecule has 0 aliphatic carbocycles. The second kappa shape index (κ2) is 11.0. The first-order chi connectivity index (χ1) is 14.9. The van der Waals surface area contributed by atoms with Gasteiger partial charge in [0.05, 0.1) is 11.7 Å². The van der Waals surface area contributed by atoms with Crippen molar-refractivity contribution in [3.8, 4) is 5.75 Å². The molecule has 2 heterocycles. The summed E-state index contributed by atoms with van der Waals surface area (Å²) in [6.45, 7) is 4.55. The Morgan fingerprint density at radius 1 is 1.25 bits per heavy atom. The summed E-state index contributed by atoms with van der Waals surface area (Å²) in [5.41, 5.74) is 1.04. The summed E-state index contributed by atoms with van der Waals surface area (Å²) in [6, 6.07) is 7.80. The summed E-state index contributed by atoms with van der Waals surface area (Å²) in [6.07, 6.45) is -0.514. The Balaban J connectivity index is 0.000000451. The molecular formula is C22H31F3N2O5. The topological polar surface area (TPSA) is 79.3 Å². The van der Waals surface area contributed by atoms with E-state index in [4.69, 9.17) is 19.4 Å². The highest BCUT2D eigenvalue weighted by Gasteiger charge is 2.44. The van der Waals surface area contributed by atoms with Crippen molar-refractivity contribution in [3.05, 3.63) is 29.8 Å². The maximum absolute atomic E-state index is 12.5. The molecule has 10 heteroatoms. The zero-order valence-corrected chi connectivity index (χ0v) is 18.7. The van der Waals surface area contributed by atoms with Crippen molar-refractivity contribution < 1.29 is 37.3 Å². The molecule has 2 fully saturated rings. The van der Waals surface area contributed by atoms with Crippen LogP contribution in [-0.4, -0.2) is 85.0 Å². The standard InChI is InChI=1S/C20H30N2O3.C2HF3O2/c1-16-6-8-17(9-7-16)24-14-19(23)22-12-11-20(15-22)10-4-5-18(25-20)13-21(2)3;3-2(4,5)1(6)7/h6-9,18H,4-5,10-15H2,1-3H3;(H,6,7)/t18-,20-;/m1./s1. The molecule has 0 unspecified atom stereocenters. The van der Waals surface area contributed by atoms with Gasteiger partial charge in [0.1, 0.15) is 5.75 Å². The van der Waals surface area contributed by atoms with Gasteiger partial charge < -0.3 is 24.4 Å². The van der Waals surface area contributed by atoms with Gasteiger partial charge in [-0.25, -0.2) is 4.79 Å². The van der Waals surface area contributed by atoms with Crippen molar-refractivity contribution >= 4 is 11.9 Å². The van der Waals surface area contributed by atoms with Crippen LogP contribution in [0.4, 0.5) is 13.2 Å². The van der Waals surface area contributed by atoms with Gasteiger partial charge in [-0.3, -0.25) is 4.79 Å². The van der Waals surface area contributed by atoms with Crippen LogP contribution in [-0.2, 0) is 14.3 Å². The molecule has 1 spiro atoms. The number of amides is 1. The first-order valence-corrected chi connectivity index (χ1v) is 10.5. The molecule has 32 heavy (non-hydrogen) atoms. The minimum atomic E-state index is -5.08. The molecule has 1 N–H and O–H groups in total. The highest BCUT2D eigenvalue weighted by molar-refractivity contribution is 5.78. The summed E-state index contributed by atoms with van der Waals surface area (Å²) in [5, 5.41) is 7.12. The summed E-state index contributed by atoms with van der Waals surface area (Å²) >= 11 is 0. The lowest BCUT2D eigenvalue weighted by molar-refractivity contribution is -0.192. The predicted molar refractivity (Wildman–Crippen MR) is 112 cm³/mol. The van der Waals surface area contributed by atoms with E-state index in [-0.39, 0.29) is 24.2 Å². The SMILES string of the molecule is Cc1ccc(OCC(=O)N2CC[C@]3(CCC[C@H](CN(C)C)O3)C2)cc1.O=C(O)C(F)(F)F. The number of halogens is 3. The lowest BCUT2D eigenvalue weighted by Crippen LogP contribution is -2.47. The Kier molecular flexibility index (Phi) is 8.91. The highest BCUT2D eigenvalue weighted by Crippen LogP contribution is 2.36. The van der Waals surface area contributed by atoms with E-state index in [9.17, 15) is 18.0 Å². The van der Waals surface area contributed by atoms with E-state index in [0.717, 1.165) is 38.1 Å². The Bertz CT molecular complexity index is 770. The highest BCUT2D eigenvalue weighted by atomic mass is 19.4. The van der Waals surface area contributed by atoms with Gasteiger partial charge in [0, 0.05) is 19.6 Å². The molecule has 0 saturated carbocycles. The number of rotatable bonds is 5. The van der Waals surface area contributed by atoms with Crippen LogP contribution in [0.15, 0.2) is 24.3 Å². The molecule has 2 saturated heterocycles. The molecule has 3 rings (SSSR count). The molecule has 1 amide bonds. The van der Waals surface area contributed by atoms with Crippen LogP contribution in [0.1, 0.15) is 31.2 Å². The Morgan fingerprint density at radius 3 is 2.44 bits per heavy atom. The number of carboxylic acids is 1. The zero-order valence-electron chi connectivity index (χ0n) is 18.7. The molecule has 180 valence electrons. The van der Waals surface area contributed by atoms with E-state index in [1.54, 1.807) is 0 Å². The number of likely N-dealkylation sites (tertiary alicyclic amines) is 1. The van der Waals surface area contributed by atoms with Crippen molar-refractivity contribution in [1.82, 2.24) is 9.80 Å². The van der Waals surface area contributed by atoms with Gasteiger partial charge in [-0.15, -0.1) is 0 Å². The van der Waals surface area contributed by atoms with E-state index in [0.29, 0.717) is 6.54 Å². The van der Waals surface area contributed by atoms with Gasteiger partial charge in [0.15, 0.2) is 6.61 Å². The summed E-state index contributed by atoms with van der Waals surface area (Å²) < 4.78 is 43.8. The van der Waals surface area contributed by atoms with Crippen LogP contribution in [0.2, 0.25) is 0 Å².